The SMILES string of the molecule is CCCN1CC(CNC(=O)CCCC(=O)O)CC2c3cccc4[nH]cc(c34)CC21. The van der Waals surface area contributed by atoms with Crippen LogP contribution in [0.3, 0.4) is 0 Å². The Kier molecular flexibility index (Phi) is 5.90. The first-order valence-electron chi connectivity index (χ1n) is 10.9. The quantitative estimate of drug-likeness (QED) is 0.638. The number of carboxylic acid groups (broad SMARTS) is 1. The van der Waals surface area contributed by atoms with Crippen LogP contribution in [0, 0.1) is 5.92 Å². The van der Waals surface area contributed by atoms with Gasteiger partial charge in [0.15, 0.2) is 0 Å². The molecule has 0 saturated carbocycles. The maximum atomic E-state index is 12.1. The summed E-state index contributed by atoms with van der Waals surface area (Å²) in [6, 6.07) is 7.13. The van der Waals surface area contributed by atoms with Gasteiger partial charge in [-0.25, -0.2) is 0 Å². The molecule has 3 unspecified atom stereocenters. The van der Waals surface area contributed by atoms with Crippen molar-refractivity contribution in [3.8, 4) is 0 Å². The van der Waals surface area contributed by atoms with E-state index in [2.05, 4.69) is 46.5 Å². The number of benzene rings is 1. The molecule has 2 aliphatic rings. The highest BCUT2D eigenvalue weighted by atomic mass is 16.4. The number of H-pyrrole nitrogens is 1. The molecule has 1 aliphatic heterocycles. The van der Waals surface area contributed by atoms with Crippen molar-refractivity contribution in [2.24, 2.45) is 5.92 Å². The zero-order valence-electron chi connectivity index (χ0n) is 17.1. The molecule has 156 valence electrons. The monoisotopic (exact) mass is 397 g/mol. The number of amides is 1. The van der Waals surface area contributed by atoms with Gasteiger partial charge in [0, 0.05) is 55.0 Å². The van der Waals surface area contributed by atoms with Crippen LogP contribution in [0.4, 0.5) is 0 Å². The standard InChI is InChI=1S/C23H31N3O3/c1-2-9-26-14-15(12-25-21(27)7-4-8-22(28)29)10-18-17-5-3-6-19-23(17)16(13-24-19)11-20(18)26/h3,5-6,13,15,18,20,24H,2,4,7-12,14H2,1H3,(H,25,27)(H,28,29). The van der Waals surface area contributed by atoms with E-state index in [1.807, 2.05) is 0 Å². The number of nitrogens with one attached hydrogen (secondary N) is 2. The van der Waals surface area contributed by atoms with Gasteiger partial charge in [0.2, 0.25) is 5.91 Å². The van der Waals surface area contributed by atoms with E-state index >= 15 is 0 Å². The van der Waals surface area contributed by atoms with Gasteiger partial charge in [-0.2, -0.15) is 0 Å². The fraction of sp³-hybridized carbons (Fsp3) is 0.565. The molecular formula is C23H31N3O3. The number of carbonyl (C=O) groups excluding carboxylic acids is 1. The van der Waals surface area contributed by atoms with Gasteiger partial charge in [-0.05, 0) is 55.3 Å². The second-order valence-corrected chi connectivity index (χ2v) is 8.61. The normalized spacial score (nSPS) is 23.7. The Morgan fingerprint density at radius 3 is 2.97 bits per heavy atom. The van der Waals surface area contributed by atoms with E-state index in [0.29, 0.717) is 30.8 Å². The van der Waals surface area contributed by atoms with E-state index in [1.165, 1.54) is 22.0 Å². The first-order valence-corrected chi connectivity index (χ1v) is 10.9. The number of likely N-dealkylation sites (tertiary alicyclic amines) is 1. The average molecular weight is 398 g/mol. The Labute approximate surface area is 171 Å². The Bertz CT molecular complexity index is 891. The fourth-order valence-electron chi connectivity index (χ4n) is 5.34. The number of aromatic nitrogens is 1. The molecule has 0 radical (unpaired) electrons. The molecule has 1 saturated heterocycles. The van der Waals surface area contributed by atoms with Gasteiger partial charge in [-0.3, -0.25) is 14.5 Å². The number of carboxylic acids is 1. The maximum Gasteiger partial charge on any atom is 0.303 e. The highest BCUT2D eigenvalue weighted by Gasteiger charge is 2.40. The minimum atomic E-state index is -0.845. The third-order valence-electron chi connectivity index (χ3n) is 6.55. The lowest BCUT2D eigenvalue weighted by molar-refractivity contribution is -0.137. The van der Waals surface area contributed by atoms with Crippen molar-refractivity contribution in [2.45, 2.75) is 57.4 Å². The van der Waals surface area contributed by atoms with Crippen molar-refractivity contribution in [3.63, 3.8) is 0 Å². The predicted molar refractivity (Wildman–Crippen MR) is 113 cm³/mol. The number of hydrogen-bond donors (Lipinski definition) is 3. The molecule has 2 heterocycles. The van der Waals surface area contributed by atoms with Gasteiger partial charge in [-0.15, -0.1) is 0 Å². The van der Waals surface area contributed by atoms with Crippen molar-refractivity contribution in [2.75, 3.05) is 19.6 Å². The Morgan fingerprint density at radius 1 is 1.31 bits per heavy atom. The highest BCUT2D eigenvalue weighted by molar-refractivity contribution is 5.88. The van der Waals surface area contributed by atoms with Crippen LogP contribution in [0.1, 0.15) is 56.1 Å². The van der Waals surface area contributed by atoms with Gasteiger partial charge in [0.1, 0.15) is 0 Å². The van der Waals surface area contributed by atoms with E-state index in [4.69, 9.17) is 5.11 Å². The van der Waals surface area contributed by atoms with Crippen LogP contribution in [-0.2, 0) is 16.0 Å². The zero-order valence-corrected chi connectivity index (χ0v) is 17.1. The molecule has 4 rings (SSSR count). The summed E-state index contributed by atoms with van der Waals surface area (Å²) in [7, 11) is 0. The summed E-state index contributed by atoms with van der Waals surface area (Å²) >= 11 is 0. The molecular weight excluding hydrogens is 366 g/mol. The molecule has 6 nitrogen and oxygen atoms in total. The lowest BCUT2D eigenvalue weighted by Crippen LogP contribution is -2.52. The molecule has 3 N–H and O–H groups in total. The summed E-state index contributed by atoms with van der Waals surface area (Å²) < 4.78 is 0. The number of aromatic amines is 1. The second-order valence-electron chi connectivity index (χ2n) is 8.61. The number of piperidine rings is 1. The largest absolute Gasteiger partial charge is 0.481 e. The van der Waals surface area contributed by atoms with Crippen LogP contribution in [0.2, 0.25) is 0 Å². The highest BCUT2D eigenvalue weighted by Crippen LogP contribution is 2.44. The van der Waals surface area contributed by atoms with Gasteiger partial charge in [0.25, 0.3) is 0 Å². The molecule has 1 aliphatic carbocycles. The van der Waals surface area contributed by atoms with Gasteiger partial charge < -0.3 is 15.4 Å². The molecule has 1 amide bonds. The number of rotatable bonds is 8. The van der Waals surface area contributed by atoms with Crippen LogP contribution < -0.4 is 5.32 Å². The summed E-state index contributed by atoms with van der Waals surface area (Å²) in [6.45, 7) is 5.00. The summed E-state index contributed by atoms with van der Waals surface area (Å²) in [5.74, 6) is 0.0363. The zero-order chi connectivity index (χ0) is 20.4. The van der Waals surface area contributed by atoms with Gasteiger partial charge in [-0.1, -0.05) is 19.1 Å². The number of nitrogens with zero attached hydrogens (tertiary/aromatic N) is 1. The molecule has 2 aromatic rings. The lowest BCUT2D eigenvalue weighted by Gasteiger charge is -2.47. The minimum absolute atomic E-state index is 0.0333. The summed E-state index contributed by atoms with van der Waals surface area (Å²) in [5.41, 5.74) is 4.11. The lowest BCUT2D eigenvalue weighted by atomic mass is 9.72. The van der Waals surface area contributed by atoms with Crippen LogP contribution in [-0.4, -0.2) is 52.5 Å². The topological polar surface area (TPSA) is 85.4 Å². The van der Waals surface area contributed by atoms with Crippen molar-refractivity contribution >= 4 is 22.8 Å². The van der Waals surface area contributed by atoms with E-state index in [0.717, 1.165) is 32.4 Å². The van der Waals surface area contributed by atoms with E-state index < -0.39 is 5.97 Å². The Hall–Kier alpha value is -2.34. The van der Waals surface area contributed by atoms with Crippen LogP contribution in [0.5, 0.6) is 0 Å². The van der Waals surface area contributed by atoms with Crippen molar-refractivity contribution in [3.05, 3.63) is 35.5 Å². The number of fused-ring (bicyclic) bond motifs is 2. The van der Waals surface area contributed by atoms with E-state index in [-0.39, 0.29) is 18.7 Å². The smallest absolute Gasteiger partial charge is 0.303 e. The Balaban J connectivity index is 1.46. The summed E-state index contributed by atoms with van der Waals surface area (Å²) in [4.78, 5) is 28.8. The maximum absolute atomic E-state index is 12.1. The molecule has 3 atom stereocenters. The van der Waals surface area contributed by atoms with E-state index in [9.17, 15) is 9.59 Å². The molecule has 0 bridgehead atoms. The van der Waals surface area contributed by atoms with Crippen molar-refractivity contribution in [1.82, 2.24) is 15.2 Å². The molecule has 1 aromatic carbocycles. The third kappa shape index (κ3) is 4.17. The summed E-state index contributed by atoms with van der Waals surface area (Å²) in [5, 5.41) is 13.2. The van der Waals surface area contributed by atoms with E-state index in [1.54, 1.807) is 0 Å². The van der Waals surface area contributed by atoms with Crippen LogP contribution in [0.25, 0.3) is 10.9 Å². The molecule has 1 fully saturated rings. The number of hydrogen-bond acceptors (Lipinski definition) is 3. The van der Waals surface area contributed by atoms with Crippen molar-refractivity contribution in [1.29, 1.82) is 0 Å². The third-order valence-corrected chi connectivity index (χ3v) is 6.55. The summed E-state index contributed by atoms with van der Waals surface area (Å²) in [6.07, 6.45) is 6.22. The second kappa shape index (κ2) is 8.57. The number of aliphatic carboxylic acids is 1. The predicted octanol–water partition coefficient (Wildman–Crippen LogP) is 3.28. The van der Waals surface area contributed by atoms with Gasteiger partial charge >= 0.3 is 5.97 Å². The molecule has 1 aromatic heterocycles. The molecule has 29 heavy (non-hydrogen) atoms. The van der Waals surface area contributed by atoms with Gasteiger partial charge in [0.05, 0.1) is 0 Å². The Morgan fingerprint density at radius 2 is 2.17 bits per heavy atom. The average Bonchev–Trinajstić information content (AvgIpc) is 3.11. The molecule has 0 spiro atoms. The first kappa shape index (κ1) is 20.0. The van der Waals surface area contributed by atoms with Crippen LogP contribution in [0.15, 0.2) is 24.4 Å². The first-order chi connectivity index (χ1) is 14.1. The molecule has 6 heteroatoms. The van der Waals surface area contributed by atoms with Crippen molar-refractivity contribution < 1.29 is 14.7 Å². The fourth-order valence-corrected chi connectivity index (χ4v) is 5.34. The van der Waals surface area contributed by atoms with Crippen LogP contribution >= 0.6 is 0 Å². The number of carbonyl (C=O) groups is 2. The minimum Gasteiger partial charge on any atom is -0.481 e.